The number of fused-ring (bicyclic) bond motifs is 1. The highest BCUT2D eigenvalue weighted by Crippen LogP contribution is 2.24. The second-order valence-electron chi connectivity index (χ2n) is 6.37. The minimum absolute atomic E-state index is 0.00274. The van der Waals surface area contributed by atoms with Gasteiger partial charge in [0, 0.05) is 18.2 Å². The molecule has 3 aromatic rings. The molecule has 3 nitrogen and oxygen atoms in total. The largest absolute Gasteiger partial charge is 0.365 e. The molecule has 0 aliphatic heterocycles. The summed E-state index contributed by atoms with van der Waals surface area (Å²) >= 11 is 0. The van der Waals surface area contributed by atoms with Gasteiger partial charge in [0.15, 0.2) is 0 Å². The average Bonchev–Trinajstić information content (AvgIpc) is 2.76. The molecule has 0 aliphatic carbocycles. The van der Waals surface area contributed by atoms with Gasteiger partial charge >= 0.3 is 0 Å². The number of hydrogen-bond donors (Lipinski definition) is 1. The monoisotopic (exact) mass is 279 g/mol. The summed E-state index contributed by atoms with van der Waals surface area (Å²) in [6.45, 7) is 6.50. The van der Waals surface area contributed by atoms with Crippen molar-refractivity contribution < 1.29 is 0 Å². The highest BCUT2D eigenvalue weighted by atomic mass is 15.2. The van der Waals surface area contributed by atoms with Gasteiger partial charge in [0.2, 0.25) is 0 Å². The minimum atomic E-state index is -0.00274. The van der Waals surface area contributed by atoms with Gasteiger partial charge in [0.1, 0.15) is 11.5 Å². The van der Waals surface area contributed by atoms with Crippen LogP contribution in [0.2, 0.25) is 0 Å². The molecule has 3 heteroatoms. The van der Waals surface area contributed by atoms with Crippen LogP contribution in [0.4, 0.5) is 5.82 Å². The van der Waals surface area contributed by atoms with Gasteiger partial charge < -0.3 is 5.32 Å². The Kier molecular flexibility index (Phi) is 3.42. The maximum atomic E-state index is 4.79. The Morgan fingerprint density at radius 3 is 2.43 bits per heavy atom. The van der Waals surface area contributed by atoms with Crippen LogP contribution in [0.1, 0.15) is 32.0 Å². The molecule has 0 aliphatic rings. The number of imidazole rings is 1. The molecule has 108 valence electrons. The van der Waals surface area contributed by atoms with E-state index in [-0.39, 0.29) is 5.54 Å². The summed E-state index contributed by atoms with van der Waals surface area (Å²) in [5, 5.41) is 3.59. The van der Waals surface area contributed by atoms with E-state index in [1.165, 1.54) is 5.56 Å². The number of hydrogen-bond acceptors (Lipinski definition) is 2. The van der Waals surface area contributed by atoms with E-state index >= 15 is 0 Å². The van der Waals surface area contributed by atoms with Crippen LogP contribution < -0.4 is 5.32 Å². The maximum Gasteiger partial charge on any atom is 0.138 e. The number of anilines is 1. The maximum absolute atomic E-state index is 4.79. The van der Waals surface area contributed by atoms with Crippen LogP contribution in [0.5, 0.6) is 0 Å². The van der Waals surface area contributed by atoms with E-state index in [4.69, 9.17) is 4.98 Å². The summed E-state index contributed by atoms with van der Waals surface area (Å²) in [4.78, 5) is 4.79. The van der Waals surface area contributed by atoms with Crippen molar-refractivity contribution in [3.8, 4) is 0 Å². The van der Waals surface area contributed by atoms with Crippen molar-refractivity contribution in [1.29, 1.82) is 0 Å². The molecule has 2 heterocycles. The fourth-order valence-electron chi connectivity index (χ4n) is 2.44. The topological polar surface area (TPSA) is 29.3 Å². The van der Waals surface area contributed by atoms with Crippen LogP contribution in [0.15, 0.2) is 54.7 Å². The number of benzene rings is 1. The van der Waals surface area contributed by atoms with E-state index in [0.717, 1.165) is 23.6 Å². The molecule has 2 aromatic heterocycles. The third kappa shape index (κ3) is 3.07. The lowest BCUT2D eigenvalue weighted by Gasteiger charge is -2.22. The Labute approximate surface area is 125 Å². The molecular weight excluding hydrogens is 258 g/mol. The van der Waals surface area contributed by atoms with Gasteiger partial charge in [-0.25, -0.2) is 4.98 Å². The Balaban J connectivity index is 2.06. The van der Waals surface area contributed by atoms with E-state index < -0.39 is 0 Å². The molecule has 21 heavy (non-hydrogen) atoms. The van der Waals surface area contributed by atoms with Crippen molar-refractivity contribution in [3.63, 3.8) is 0 Å². The SMILES string of the molecule is CC(C)(C)Nc1c(Cc2ccccc2)nc2ccccn12. The number of nitrogens with one attached hydrogen (secondary N) is 1. The van der Waals surface area contributed by atoms with Gasteiger partial charge in [-0.3, -0.25) is 4.40 Å². The van der Waals surface area contributed by atoms with Crippen LogP contribution in [0, 0.1) is 0 Å². The first-order chi connectivity index (χ1) is 10.0. The molecule has 3 rings (SSSR count). The molecule has 0 spiro atoms. The van der Waals surface area contributed by atoms with Crippen LogP contribution in [-0.2, 0) is 6.42 Å². The Hall–Kier alpha value is -2.29. The summed E-state index contributed by atoms with van der Waals surface area (Å²) in [6.07, 6.45) is 2.89. The molecule has 1 N–H and O–H groups in total. The first-order valence-corrected chi connectivity index (χ1v) is 7.31. The third-order valence-electron chi connectivity index (χ3n) is 3.31. The number of aromatic nitrogens is 2. The molecular formula is C18H21N3. The quantitative estimate of drug-likeness (QED) is 0.781. The van der Waals surface area contributed by atoms with E-state index in [9.17, 15) is 0 Å². The minimum Gasteiger partial charge on any atom is -0.365 e. The lowest BCUT2D eigenvalue weighted by Crippen LogP contribution is -2.27. The summed E-state index contributed by atoms with van der Waals surface area (Å²) in [6, 6.07) is 16.6. The number of pyridine rings is 1. The van der Waals surface area contributed by atoms with Crippen LogP contribution in [-0.4, -0.2) is 14.9 Å². The third-order valence-corrected chi connectivity index (χ3v) is 3.31. The highest BCUT2D eigenvalue weighted by Gasteiger charge is 2.17. The van der Waals surface area contributed by atoms with E-state index in [1.807, 2.05) is 24.3 Å². The molecule has 1 aromatic carbocycles. The molecule has 0 saturated carbocycles. The molecule has 0 amide bonds. The summed E-state index contributed by atoms with van der Waals surface area (Å²) in [5.74, 6) is 1.09. The summed E-state index contributed by atoms with van der Waals surface area (Å²) in [7, 11) is 0. The lowest BCUT2D eigenvalue weighted by atomic mass is 10.1. The van der Waals surface area contributed by atoms with Gasteiger partial charge in [0.25, 0.3) is 0 Å². The van der Waals surface area contributed by atoms with Crippen molar-refractivity contribution in [1.82, 2.24) is 9.38 Å². The lowest BCUT2D eigenvalue weighted by molar-refractivity contribution is 0.628. The van der Waals surface area contributed by atoms with E-state index in [2.05, 4.69) is 61.0 Å². The molecule has 0 saturated heterocycles. The zero-order chi connectivity index (χ0) is 14.9. The van der Waals surface area contributed by atoms with E-state index in [1.54, 1.807) is 0 Å². The highest BCUT2D eigenvalue weighted by molar-refractivity contribution is 5.57. The van der Waals surface area contributed by atoms with Crippen LogP contribution >= 0.6 is 0 Å². The van der Waals surface area contributed by atoms with Crippen molar-refractivity contribution in [3.05, 3.63) is 66.0 Å². The van der Waals surface area contributed by atoms with Crippen molar-refractivity contribution in [2.24, 2.45) is 0 Å². The van der Waals surface area contributed by atoms with Crippen molar-refractivity contribution in [2.45, 2.75) is 32.7 Å². The first-order valence-electron chi connectivity index (χ1n) is 7.31. The zero-order valence-electron chi connectivity index (χ0n) is 12.8. The second kappa shape index (κ2) is 5.24. The number of nitrogens with zero attached hydrogens (tertiary/aromatic N) is 2. The molecule has 0 unspecified atom stereocenters. The van der Waals surface area contributed by atoms with Crippen molar-refractivity contribution in [2.75, 3.05) is 5.32 Å². The molecule has 0 atom stereocenters. The number of rotatable bonds is 3. The fraction of sp³-hybridized carbons (Fsp3) is 0.278. The first kappa shape index (κ1) is 13.7. The molecule has 0 radical (unpaired) electrons. The Morgan fingerprint density at radius 2 is 1.71 bits per heavy atom. The van der Waals surface area contributed by atoms with Gasteiger partial charge in [-0.05, 0) is 38.5 Å². The molecule has 0 bridgehead atoms. The average molecular weight is 279 g/mol. The summed E-state index contributed by atoms with van der Waals surface area (Å²) in [5.41, 5.74) is 3.34. The van der Waals surface area contributed by atoms with Gasteiger partial charge in [-0.1, -0.05) is 36.4 Å². The predicted octanol–water partition coefficient (Wildman–Crippen LogP) is 4.14. The zero-order valence-corrected chi connectivity index (χ0v) is 12.8. The Morgan fingerprint density at radius 1 is 1.00 bits per heavy atom. The second-order valence-corrected chi connectivity index (χ2v) is 6.37. The standard InChI is InChI=1S/C18H21N3/c1-18(2,3)20-17-15(13-14-9-5-4-6-10-14)19-16-11-7-8-12-21(16)17/h4-12,20H,13H2,1-3H3. The van der Waals surface area contributed by atoms with Gasteiger partial charge in [-0.15, -0.1) is 0 Å². The van der Waals surface area contributed by atoms with Crippen molar-refractivity contribution >= 4 is 11.5 Å². The summed E-state index contributed by atoms with van der Waals surface area (Å²) < 4.78 is 2.13. The van der Waals surface area contributed by atoms with Crippen LogP contribution in [0.25, 0.3) is 5.65 Å². The smallest absolute Gasteiger partial charge is 0.138 e. The van der Waals surface area contributed by atoms with Crippen LogP contribution in [0.3, 0.4) is 0 Å². The van der Waals surface area contributed by atoms with Gasteiger partial charge in [-0.2, -0.15) is 0 Å². The molecule has 0 fully saturated rings. The van der Waals surface area contributed by atoms with Gasteiger partial charge in [0.05, 0.1) is 5.69 Å². The van der Waals surface area contributed by atoms with E-state index in [0.29, 0.717) is 0 Å². The Bertz CT molecular complexity index is 736. The fourth-order valence-corrected chi connectivity index (χ4v) is 2.44. The predicted molar refractivity (Wildman–Crippen MR) is 87.8 cm³/mol. The normalized spacial score (nSPS) is 11.8.